The van der Waals surface area contributed by atoms with Crippen LogP contribution >= 0.6 is 0 Å². The van der Waals surface area contributed by atoms with E-state index >= 15 is 0 Å². The standard InChI is InChI=1S/C17H15FN4O3/c18-10-3-1-2-9(6-10)7-21-8-19-17(20-21)22-15(23)13-11-4-5-12(25-11)14(13)16(22)24/h1-3,6,8,11-14H,4-5,7H2/t11-,12-,13-,14-/m1/s1. The summed E-state index contributed by atoms with van der Waals surface area (Å²) in [7, 11) is 0. The van der Waals surface area contributed by atoms with E-state index in [2.05, 4.69) is 10.1 Å². The molecule has 7 nitrogen and oxygen atoms in total. The molecule has 2 bridgehead atoms. The van der Waals surface area contributed by atoms with E-state index in [1.807, 2.05) is 0 Å². The Hall–Kier alpha value is -2.61. The molecule has 128 valence electrons. The predicted molar refractivity (Wildman–Crippen MR) is 82.9 cm³/mol. The van der Waals surface area contributed by atoms with Gasteiger partial charge in [0.1, 0.15) is 12.1 Å². The molecule has 3 saturated heterocycles. The second-order valence-corrected chi connectivity index (χ2v) is 6.73. The molecule has 5 rings (SSSR count). The van der Waals surface area contributed by atoms with Crippen molar-refractivity contribution in [3.63, 3.8) is 0 Å². The number of fused-ring (bicyclic) bond motifs is 5. The second kappa shape index (κ2) is 5.19. The highest BCUT2D eigenvalue weighted by Crippen LogP contribution is 2.48. The zero-order valence-corrected chi connectivity index (χ0v) is 13.2. The van der Waals surface area contributed by atoms with Crippen LogP contribution < -0.4 is 4.90 Å². The van der Waals surface area contributed by atoms with Crippen molar-refractivity contribution in [2.75, 3.05) is 4.90 Å². The van der Waals surface area contributed by atoms with Crippen molar-refractivity contribution in [3.05, 3.63) is 42.0 Å². The van der Waals surface area contributed by atoms with Gasteiger partial charge in [0.25, 0.3) is 5.95 Å². The maximum atomic E-state index is 13.3. The predicted octanol–water partition coefficient (Wildman–Crippen LogP) is 1.13. The van der Waals surface area contributed by atoms with Crippen LogP contribution in [0, 0.1) is 17.7 Å². The Labute approximate surface area is 142 Å². The largest absolute Gasteiger partial charge is 0.373 e. The molecule has 25 heavy (non-hydrogen) atoms. The average Bonchev–Trinajstić information content (AvgIpc) is 3.33. The molecular formula is C17H15FN4O3. The lowest BCUT2D eigenvalue weighted by molar-refractivity contribution is -0.124. The summed E-state index contributed by atoms with van der Waals surface area (Å²) in [6, 6.07) is 6.17. The van der Waals surface area contributed by atoms with Crippen LogP contribution in [0.15, 0.2) is 30.6 Å². The van der Waals surface area contributed by atoms with Gasteiger partial charge in [-0.3, -0.25) is 9.59 Å². The number of benzene rings is 1. The molecule has 4 atom stereocenters. The van der Waals surface area contributed by atoms with Gasteiger partial charge in [-0.05, 0) is 30.5 Å². The molecular weight excluding hydrogens is 327 g/mol. The number of hydrogen-bond acceptors (Lipinski definition) is 5. The number of aromatic nitrogens is 3. The molecule has 1 aromatic carbocycles. The number of carbonyl (C=O) groups excluding carboxylic acids is 2. The van der Waals surface area contributed by atoms with Crippen LogP contribution in [0.4, 0.5) is 10.3 Å². The van der Waals surface area contributed by atoms with E-state index in [-0.39, 0.29) is 35.8 Å². The zero-order chi connectivity index (χ0) is 17.1. The van der Waals surface area contributed by atoms with E-state index in [1.165, 1.54) is 23.1 Å². The van der Waals surface area contributed by atoms with Gasteiger partial charge in [-0.25, -0.2) is 14.0 Å². The summed E-state index contributed by atoms with van der Waals surface area (Å²) in [4.78, 5) is 30.6. The molecule has 0 radical (unpaired) electrons. The lowest BCUT2D eigenvalue weighted by Crippen LogP contribution is -2.35. The van der Waals surface area contributed by atoms with Crippen molar-refractivity contribution in [1.82, 2.24) is 14.8 Å². The van der Waals surface area contributed by atoms with Crippen LogP contribution in [0.25, 0.3) is 0 Å². The summed E-state index contributed by atoms with van der Waals surface area (Å²) < 4.78 is 20.5. The van der Waals surface area contributed by atoms with Crippen molar-refractivity contribution in [2.45, 2.75) is 31.6 Å². The van der Waals surface area contributed by atoms with E-state index < -0.39 is 11.8 Å². The minimum atomic E-state index is -0.401. The van der Waals surface area contributed by atoms with Gasteiger partial charge >= 0.3 is 0 Å². The lowest BCUT2D eigenvalue weighted by atomic mass is 9.81. The van der Waals surface area contributed by atoms with E-state index in [0.29, 0.717) is 6.54 Å². The van der Waals surface area contributed by atoms with E-state index in [1.54, 1.807) is 12.1 Å². The van der Waals surface area contributed by atoms with Gasteiger partial charge in [0, 0.05) is 0 Å². The molecule has 8 heteroatoms. The Balaban J connectivity index is 1.40. The molecule has 0 spiro atoms. The molecule has 1 aromatic heterocycles. The van der Waals surface area contributed by atoms with Crippen molar-refractivity contribution < 1.29 is 18.7 Å². The van der Waals surface area contributed by atoms with E-state index in [4.69, 9.17) is 4.74 Å². The van der Waals surface area contributed by atoms with Gasteiger partial charge in [0.15, 0.2) is 0 Å². The Morgan fingerprint density at radius 2 is 1.88 bits per heavy atom. The number of anilines is 1. The maximum absolute atomic E-state index is 13.3. The normalized spacial score (nSPS) is 30.4. The number of amides is 2. The number of hydrogen-bond donors (Lipinski definition) is 0. The fourth-order valence-corrected chi connectivity index (χ4v) is 4.19. The van der Waals surface area contributed by atoms with Gasteiger partial charge in [0.05, 0.1) is 30.6 Å². The number of ether oxygens (including phenoxy) is 1. The molecule has 4 heterocycles. The molecule has 2 amide bonds. The molecule has 3 fully saturated rings. The van der Waals surface area contributed by atoms with Crippen LogP contribution in [-0.4, -0.2) is 38.8 Å². The van der Waals surface area contributed by atoms with Crippen molar-refractivity contribution in [1.29, 1.82) is 0 Å². The van der Waals surface area contributed by atoms with Crippen LogP contribution in [0.3, 0.4) is 0 Å². The Morgan fingerprint density at radius 1 is 1.16 bits per heavy atom. The highest BCUT2D eigenvalue weighted by Gasteiger charge is 2.63. The number of carbonyl (C=O) groups is 2. The molecule has 0 unspecified atom stereocenters. The summed E-state index contributed by atoms with van der Waals surface area (Å²) >= 11 is 0. The van der Waals surface area contributed by atoms with Crippen molar-refractivity contribution in [2.24, 2.45) is 11.8 Å². The highest BCUT2D eigenvalue weighted by atomic mass is 19.1. The first-order valence-corrected chi connectivity index (χ1v) is 8.29. The monoisotopic (exact) mass is 342 g/mol. The summed E-state index contributed by atoms with van der Waals surface area (Å²) in [6.45, 7) is 0.308. The quantitative estimate of drug-likeness (QED) is 0.782. The summed E-state index contributed by atoms with van der Waals surface area (Å²) in [5.41, 5.74) is 0.721. The Morgan fingerprint density at radius 3 is 2.56 bits per heavy atom. The summed E-state index contributed by atoms with van der Waals surface area (Å²) in [5, 5.41) is 4.24. The second-order valence-electron chi connectivity index (χ2n) is 6.73. The molecule has 3 aliphatic heterocycles. The molecule has 0 N–H and O–H groups in total. The average molecular weight is 342 g/mol. The van der Waals surface area contributed by atoms with Crippen molar-refractivity contribution in [3.8, 4) is 0 Å². The first-order chi connectivity index (χ1) is 12.1. The topological polar surface area (TPSA) is 77.3 Å². The maximum Gasteiger partial charge on any atom is 0.258 e. The van der Waals surface area contributed by atoms with E-state index in [0.717, 1.165) is 23.3 Å². The van der Waals surface area contributed by atoms with Gasteiger partial charge in [0.2, 0.25) is 11.8 Å². The van der Waals surface area contributed by atoms with Crippen molar-refractivity contribution >= 4 is 17.8 Å². The first kappa shape index (κ1) is 14.7. The van der Waals surface area contributed by atoms with Gasteiger partial charge < -0.3 is 4.74 Å². The van der Waals surface area contributed by atoms with Gasteiger partial charge in [-0.1, -0.05) is 12.1 Å². The molecule has 0 saturated carbocycles. The van der Waals surface area contributed by atoms with Crippen LogP contribution in [-0.2, 0) is 20.9 Å². The minimum absolute atomic E-state index is 0.0835. The van der Waals surface area contributed by atoms with Crippen LogP contribution in [0.1, 0.15) is 18.4 Å². The Bertz CT molecular complexity index is 854. The third-order valence-corrected chi connectivity index (χ3v) is 5.24. The summed E-state index contributed by atoms with van der Waals surface area (Å²) in [5.74, 6) is -1.59. The highest BCUT2D eigenvalue weighted by molar-refractivity contribution is 6.21. The molecule has 2 aromatic rings. The third-order valence-electron chi connectivity index (χ3n) is 5.24. The number of halogens is 1. The van der Waals surface area contributed by atoms with Crippen LogP contribution in [0.2, 0.25) is 0 Å². The smallest absolute Gasteiger partial charge is 0.258 e. The Kier molecular flexibility index (Phi) is 3.05. The van der Waals surface area contributed by atoms with Crippen LogP contribution in [0.5, 0.6) is 0 Å². The number of imide groups is 1. The molecule has 3 aliphatic rings. The SMILES string of the molecule is O=C1[C@H]2[C@H](C(=O)N1c1ncn(Cc3cccc(F)c3)n1)[C@H]1CC[C@H]2O1. The fourth-order valence-electron chi connectivity index (χ4n) is 4.19. The first-order valence-electron chi connectivity index (χ1n) is 8.29. The molecule has 0 aliphatic carbocycles. The lowest BCUT2D eigenvalue weighted by Gasteiger charge is -2.14. The van der Waals surface area contributed by atoms with Gasteiger partial charge in [-0.15, -0.1) is 5.10 Å². The minimum Gasteiger partial charge on any atom is -0.373 e. The number of nitrogens with zero attached hydrogens (tertiary/aromatic N) is 4. The zero-order valence-electron chi connectivity index (χ0n) is 13.2. The number of rotatable bonds is 3. The third kappa shape index (κ3) is 2.13. The fraction of sp³-hybridized carbons (Fsp3) is 0.412. The van der Waals surface area contributed by atoms with Gasteiger partial charge in [-0.2, -0.15) is 4.98 Å². The summed E-state index contributed by atoms with van der Waals surface area (Å²) in [6.07, 6.45) is 2.76. The van der Waals surface area contributed by atoms with E-state index in [9.17, 15) is 14.0 Å².